The Balaban J connectivity index is 0.00000200. The van der Waals surface area contributed by atoms with Crippen LogP contribution in [0.2, 0.25) is 5.02 Å². The van der Waals surface area contributed by atoms with Crippen LogP contribution in [0.3, 0.4) is 0 Å². The van der Waals surface area contributed by atoms with Gasteiger partial charge in [0.25, 0.3) is 0 Å². The zero-order valence-corrected chi connectivity index (χ0v) is 13.6. The van der Waals surface area contributed by atoms with E-state index in [2.05, 4.69) is 5.32 Å². The maximum Gasteiger partial charge on any atom is 0.179 e. The van der Waals surface area contributed by atoms with Crippen molar-refractivity contribution in [2.24, 2.45) is 0 Å². The molecule has 1 fully saturated rings. The van der Waals surface area contributed by atoms with Crippen LogP contribution in [-0.4, -0.2) is 19.8 Å². The van der Waals surface area contributed by atoms with E-state index in [1.54, 1.807) is 7.11 Å². The SMILES string of the molecule is CCOc1c(Cl)cc(CNC2CCCC2)cc1OC.Cl. The van der Waals surface area contributed by atoms with Gasteiger partial charge in [0, 0.05) is 12.6 Å². The van der Waals surface area contributed by atoms with E-state index in [-0.39, 0.29) is 12.4 Å². The largest absolute Gasteiger partial charge is 0.493 e. The lowest BCUT2D eigenvalue weighted by Gasteiger charge is -2.15. The Hall–Kier alpha value is -0.640. The summed E-state index contributed by atoms with van der Waals surface area (Å²) in [5.74, 6) is 1.34. The first-order valence-corrected chi connectivity index (χ1v) is 7.35. The van der Waals surface area contributed by atoms with Crippen LogP contribution >= 0.6 is 24.0 Å². The van der Waals surface area contributed by atoms with Crippen LogP contribution in [0.4, 0.5) is 0 Å². The zero-order valence-electron chi connectivity index (χ0n) is 12.1. The normalized spacial score (nSPS) is 14.9. The predicted molar refractivity (Wildman–Crippen MR) is 85.5 cm³/mol. The maximum atomic E-state index is 6.25. The van der Waals surface area contributed by atoms with Gasteiger partial charge in [0.2, 0.25) is 0 Å². The molecule has 1 N–H and O–H groups in total. The van der Waals surface area contributed by atoms with E-state index in [9.17, 15) is 0 Å². The molecule has 2 rings (SSSR count). The average molecular weight is 320 g/mol. The van der Waals surface area contributed by atoms with Crippen LogP contribution in [0, 0.1) is 0 Å². The minimum absolute atomic E-state index is 0. The summed E-state index contributed by atoms with van der Waals surface area (Å²) in [6.07, 6.45) is 5.24. The van der Waals surface area contributed by atoms with Crippen molar-refractivity contribution in [2.75, 3.05) is 13.7 Å². The maximum absolute atomic E-state index is 6.25. The third-order valence-electron chi connectivity index (χ3n) is 3.53. The van der Waals surface area contributed by atoms with E-state index >= 15 is 0 Å². The molecule has 5 heteroatoms. The molecule has 0 heterocycles. The van der Waals surface area contributed by atoms with Crippen LogP contribution in [0.15, 0.2) is 12.1 Å². The van der Waals surface area contributed by atoms with E-state index in [1.807, 2.05) is 19.1 Å². The summed E-state index contributed by atoms with van der Waals surface area (Å²) in [5.41, 5.74) is 1.14. The summed E-state index contributed by atoms with van der Waals surface area (Å²) in [7, 11) is 1.64. The number of methoxy groups -OCH3 is 1. The van der Waals surface area contributed by atoms with E-state index in [1.165, 1.54) is 25.7 Å². The number of hydrogen-bond donors (Lipinski definition) is 1. The molecule has 0 saturated heterocycles. The van der Waals surface area contributed by atoms with Crippen molar-refractivity contribution in [1.82, 2.24) is 5.32 Å². The van der Waals surface area contributed by atoms with Gasteiger partial charge in [-0.25, -0.2) is 0 Å². The molecule has 0 amide bonds. The zero-order chi connectivity index (χ0) is 13.7. The van der Waals surface area contributed by atoms with E-state index < -0.39 is 0 Å². The van der Waals surface area contributed by atoms with Crippen molar-refractivity contribution in [1.29, 1.82) is 0 Å². The first-order chi connectivity index (χ1) is 9.24. The summed E-state index contributed by atoms with van der Waals surface area (Å²) in [6.45, 7) is 3.34. The monoisotopic (exact) mass is 319 g/mol. The Kier molecular flexibility index (Phi) is 7.49. The van der Waals surface area contributed by atoms with Crippen molar-refractivity contribution < 1.29 is 9.47 Å². The fourth-order valence-corrected chi connectivity index (χ4v) is 2.84. The molecular weight excluding hydrogens is 297 g/mol. The van der Waals surface area contributed by atoms with E-state index in [0.717, 1.165) is 12.1 Å². The minimum atomic E-state index is 0. The van der Waals surface area contributed by atoms with Crippen LogP contribution in [0.5, 0.6) is 11.5 Å². The molecule has 1 aliphatic carbocycles. The van der Waals surface area contributed by atoms with Gasteiger partial charge in [-0.1, -0.05) is 24.4 Å². The highest BCUT2D eigenvalue weighted by molar-refractivity contribution is 6.32. The Morgan fingerprint density at radius 3 is 2.60 bits per heavy atom. The second-order valence-electron chi connectivity index (χ2n) is 4.90. The lowest BCUT2D eigenvalue weighted by molar-refractivity contribution is 0.311. The van der Waals surface area contributed by atoms with Crippen LogP contribution in [0.1, 0.15) is 38.2 Å². The number of rotatable bonds is 6. The molecule has 3 nitrogen and oxygen atoms in total. The third kappa shape index (κ3) is 4.44. The van der Waals surface area contributed by atoms with Gasteiger partial charge in [0.15, 0.2) is 11.5 Å². The summed E-state index contributed by atoms with van der Waals surface area (Å²) in [4.78, 5) is 0. The lowest BCUT2D eigenvalue weighted by atomic mass is 10.1. The summed E-state index contributed by atoms with van der Waals surface area (Å²) in [6, 6.07) is 4.60. The standard InChI is InChI=1S/C15H22ClNO2.ClH/c1-3-19-15-13(16)8-11(9-14(15)18-2)10-17-12-6-4-5-7-12;/h8-9,12,17H,3-7,10H2,1-2H3;1H. The molecule has 0 spiro atoms. The van der Waals surface area contributed by atoms with Crippen molar-refractivity contribution in [2.45, 2.75) is 45.2 Å². The van der Waals surface area contributed by atoms with Gasteiger partial charge < -0.3 is 14.8 Å². The van der Waals surface area contributed by atoms with Crippen molar-refractivity contribution in [3.63, 3.8) is 0 Å². The fraction of sp³-hybridized carbons (Fsp3) is 0.600. The van der Waals surface area contributed by atoms with E-state index in [4.69, 9.17) is 21.1 Å². The highest BCUT2D eigenvalue weighted by atomic mass is 35.5. The molecule has 0 unspecified atom stereocenters. The number of benzene rings is 1. The van der Waals surface area contributed by atoms with Crippen LogP contribution < -0.4 is 14.8 Å². The Labute approximate surface area is 132 Å². The molecule has 1 saturated carbocycles. The first-order valence-electron chi connectivity index (χ1n) is 6.97. The quantitative estimate of drug-likeness (QED) is 0.852. The second kappa shape index (κ2) is 8.60. The topological polar surface area (TPSA) is 30.5 Å². The molecule has 1 aromatic rings. The van der Waals surface area contributed by atoms with Crippen molar-refractivity contribution >= 4 is 24.0 Å². The second-order valence-corrected chi connectivity index (χ2v) is 5.31. The Morgan fingerprint density at radius 1 is 1.30 bits per heavy atom. The molecule has 0 aromatic heterocycles. The summed E-state index contributed by atoms with van der Waals surface area (Å²) in [5, 5.41) is 4.19. The van der Waals surface area contributed by atoms with Gasteiger partial charge in [0.1, 0.15) is 0 Å². The predicted octanol–water partition coefficient (Wildman–Crippen LogP) is 4.20. The number of halogens is 2. The average Bonchev–Trinajstić information content (AvgIpc) is 2.92. The van der Waals surface area contributed by atoms with Gasteiger partial charge in [-0.2, -0.15) is 0 Å². The summed E-state index contributed by atoms with van der Waals surface area (Å²) >= 11 is 6.25. The van der Waals surface area contributed by atoms with Crippen LogP contribution in [-0.2, 0) is 6.54 Å². The van der Waals surface area contributed by atoms with Gasteiger partial charge in [-0.05, 0) is 37.5 Å². The highest BCUT2D eigenvalue weighted by Gasteiger charge is 2.15. The molecule has 1 aliphatic rings. The van der Waals surface area contributed by atoms with Gasteiger partial charge in [-0.3, -0.25) is 0 Å². The van der Waals surface area contributed by atoms with Gasteiger partial charge in [0.05, 0.1) is 18.7 Å². The fourth-order valence-electron chi connectivity index (χ4n) is 2.55. The van der Waals surface area contributed by atoms with Gasteiger partial charge in [-0.15, -0.1) is 12.4 Å². The molecule has 0 aliphatic heterocycles. The Morgan fingerprint density at radius 2 is 2.00 bits per heavy atom. The molecular formula is C15H23Cl2NO2. The minimum Gasteiger partial charge on any atom is -0.493 e. The van der Waals surface area contributed by atoms with Crippen molar-refractivity contribution in [3.05, 3.63) is 22.7 Å². The molecule has 0 radical (unpaired) electrons. The molecule has 114 valence electrons. The Bertz CT molecular complexity index is 421. The lowest BCUT2D eigenvalue weighted by Crippen LogP contribution is -2.25. The van der Waals surface area contributed by atoms with Gasteiger partial charge >= 0.3 is 0 Å². The number of nitrogens with one attached hydrogen (secondary N) is 1. The summed E-state index contributed by atoms with van der Waals surface area (Å²) < 4.78 is 10.9. The highest BCUT2D eigenvalue weighted by Crippen LogP contribution is 2.36. The molecule has 20 heavy (non-hydrogen) atoms. The number of ether oxygens (including phenoxy) is 2. The van der Waals surface area contributed by atoms with E-state index in [0.29, 0.717) is 29.2 Å². The third-order valence-corrected chi connectivity index (χ3v) is 3.81. The molecule has 0 bridgehead atoms. The van der Waals surface area contributed by atoms with Crippen molar-refractivity contribution in [3.8, 4) is 11.5 Å². The molecule has 1 aromatic carbocycles. The van der Waals surface area contributed by atoms with Crippen LogP contribution in [0.25, 0.3) is 0 Å². The first kappa shape index (κ1) is 17.4. The number of hydrogen-bond acceptors (Lipinski definition) is 3. The smallest absolute Gasteiger partial charge is 0.179 e. The molecule has 0 atom stereocenters.